The Balaban J connectivity index is 1.70. The van der Waals surface area contributed by atoms with Gasteiger partial charge >= 0.3 is 5.97 Å². The first-order valence-corrected chi connectivity index (χ1v) is 10.9. The summed E-state index contributed by atoms with van der Waals surface area (Å²) in [6.45, 7) is 4.84. The summed E-state index contributed by atoms with van der Waals surface area (Å²) >= 11 is 0. The Morgan fingerprint density at radius 2 is 1.82 bits per heavy atom. The molecule has 0 aliphatic carbocycles. The van der Waals surface area contributed by atoms with Crippen LogP contribution in [0.15, 0.2) is 48.5 Å². The number of aliphatic hydroxyl groups is 2. The number of nitrogens with one attached hydrogen (secondary N) is 1. The molecule has 176 valence electrons. The summed E-state index contributed by atoms with van der Waals surface area (Å²) in [4.78, 5) is 17.1. The van der Waals surface area contributed by atoms with Crippen LogP contribution in [0.1, 0.15) is 48.3 Å². The Kier molecular flexibility index (Phi) is 6.53. The Morgan fingerprint density at radius 3 is 2.41 bits per heavy atom. The van der Waals surface area contributed by atoms with E-state index in [1.54, 1.807) is 25.3 Å². The predicted octanol–water partition coefficient (Wildman–Crippen LogP) is 2.67. The quantitative estimate of drug-likeness (QED) is 0.340. The van der Waals surface area contributed by atoms with Gasteiger partial charge in [-0.05, 0) is 42.7 Å². The van der Waals surface area contributed by atoms with Crippen LogP contribution in [-0.4, -0.2) is 53.0 Å². The Labute approximate surface area is 196 Å². The predicted molar refractivity (Wildman–Crippen MR) is 124 cm³/mol. The van der Waals surface area contributed by atoms with Gasteiger partial charge in [-0.25, -0.2) is 9.78 Å². The molecule has 10 nitrogen and oxygen atoms in total. The SMILES string of the molecule is CCOC(=O)c1c(C(C)(C)O)nc(CO)n1Cc1ccc(-c2ccccc2-c2nn[nH]n2)cc1. The number of carbonyl (C=O) groups excluding carboxylic acids is 1. The van der Waals surface area contributed by atoms with Gasteiger partial charge in [0.05, 0.1) is 6.61 Å². The molecule has 0 amide bonds. The molecule has 10 heteroatoms. The van der Waals surface area contributed by atoms with Gasteiger partial charge in [0.25, 0.3) is 0 Å². The summed E-state index contributed by atoms with van der Waals surface area (Å²) in [6.07, 6.45) is 0. The zero-order chi connectivity index (χ0) is 24.3. The van der Waals surface area contributed by atoms with Gasteiger partial charge in [0, 0.05) is 12.1 Å². The highest BCUT2D eigenvalue weighted by atomic mass is 16.5. The van der Waals surface area contributed by atoms with Crippen LogP contribution in [0.3, 0.4) is 0 Å². The molecule has 2 heterocycles. The number of aliphatic hydroxyl groups excluding tert-OH is 1. The molecular formula is C24H26N6O4. The Morgan fingerprint density at radius 1 is 1.12 bits per heavy atom. The number of benzene rings is 2. The molecule has 0 bridgehead atoms. The average molecular weight is 463 g/mol. The van der Waals surface area contributed by atoms with Gasteiger partial charge in [0.1, 0.15) is 23.7 Å². The molecule has 0 unspecified atom stereocenters. The van der Waals surface area contributed by atoms with Crippen LogP contribution in [0.2, 0.25) is 0 Å². The smallest absolute Gasteiger partial charge is 0.357 e. The normalized spacial score (nSPS) is 11.6. The fourth-order valence-corrected chi connectivity index (χ4v) is 3.80. The molecular weight excluding hydrogens is 436 g/mol. The molecule has 0 radical (unpaired) electrons. The molecule has 0 aliphatic heterocycles. The maximum atomic E-state index is 12.7. The molecule has 0 spiro atoms. The lowest BCUT2D eigenvalue weighted by molar-refractivity contribution is 0.0469. The van der Waals surface area contributed by atoms with E-state index in [1.807, 2.05) is 48.5 Å². The van der Waals surface area contributed by atoms with Crippen LogP contribution >= 0.6 is 0 Å². The van der Waals surface area contributed by atoms with E-state index >= 15 is 0 Å². The van der Waals surface area contributed by atoms with E-state index in [4.69, 9.17) is 4.74 Å². The number of aromatic nitrogens is 6. The van der Waals surface area contributed by atoms with Crippen molar-refractivity contribution in [2.75, 3.05) is 6.61 Å². The number of hydrogen-bond donors (Lipinski definition) is 3. The van der Waals surface area contributed by atoms with E-state index < -0.39 is 18.2 Å². The highest BCUT2D eigenvalue weighted by molar-refractivity contribution is 5.89. The zero-order valence-corrected chi connectivity index (χ0v) is 19.2. The molecule has 0 aliphatic rings. The zero-order valence-electron chi connectivity index (χ0n) is 19.2. The minimum atomic E-state index is -1.39. The van der Waals surface area contributed by atoms with Crippen LogP contribution in [-0.2, 0) is 23.5 Å². The highest BCUT2D eigenvalue weighted by Gasteiger charge is 2.32. The van der Waals surface area contributed by atoms with E-state index in [9.17, 15) is 15.0 Å². The minimum absolute atomic E-state index is 0.130. The third-order valence-electron chi connectivity index (χ3n) is 5.36. The maximum Gasteiger partial charge on any atom is 0.357 e. The number of imidazole rings is 1. The average Bonchev–Trinajstić information content (AvgIpc) is 3.48. The summed E-state index contributed by atoms with van der Waals surface area (Å²) in [6, 6.07) is 15.6. The fraction of sp³-hybridized carbons (Fsp3) is 0.292. The van der Waals surface area contributed by atoms with Gasteiger partial charge in [0.2, 0.25) is 5.82 Å². The second-order valence-corrected chi connectivity index (χ2v) is 8.23. The third-order valence-corrected chi connectivity index (χ3v) is 5.36. The molecule has 2 aromatic heterocycles. The van der Waals surface area contributed by atoms with Crippen LogP contribution in [0, 0.1) is 0 Å². The molecule has 0 saturated heterocycles. The van der Waals surface area contributed by atoms with Crippen molar-refractivity contribution in [3.63, 3.8) is 0 Å². The number of hydrogen-bond acceptors (Lipinski definition) is 8. The molecule has 4 aromatic rings. The fourth-order valence-electron chi connectivity index (χ4n) is 3.80. The van der Waals surface area contributed by atoms with E-state index in [0.29, 0.717) is 5.82 Å². The Hall–Kier alpha value is -3.89. The summed E-state index contributed by atoms with van der Waals surface area (Å²) in [5.41, 5.74) is 2.54. The second kappa shape index (κ2) is 9.54. The van der Waals surface area contributed by atoms with E-state index in [1.165, 1.54) is 0 Å². The van der Waals surface area contributed by atoms with E-state index in [0.717, 1.165) is 22.3 Å². The van der Waals surface area contributed by atoms with Crippen molar-refractivity contribution in [3.8, 4) is 22.5 Å². The highest BCUT2D eigenvalue weighted by Crippen LogP contribution is 2.30. The van der Waals surface area contributed by atoms with Crippen molar-refractivity contribution in [1.82, 2.24) is 30.2 Å². The van der Waals surface area contributed by atoms with Gasteiger partial charge in [-0.3, -0.25) is 0 Å². The first kappa shape index (κ1) is 23.3. The molecule has 2 aromatic carbocycles. The summed E-state index contributed by atoms with van der Waals surface area (Å²) < 4.78 is 6.80. The number of aromatic amines is 1. The molecule has 0 saturated carbocycles. The topological polar surface area (TPSA) is 139 Å². The van der Waals surface area contributed by atoms with Crippen molar-refractivity contribution in [1.29, 1.82) is 0 Å². The van der Waals surface area contributed by atoms with Crippen molar-refractivity contribution in [2.45, 2.75) is 39.5 Å². The Bertz CT molecular complexity index is 1270. The summed E-state index contributed by atoms with van der Waals surface area (Å²) in [5, 5.41) is 34.7. The number of esters is 1. The first-order chi connectivity index (χ1) is 16.3. The monoisotopic (exact) mass is 462 g/mol. The van der Waals surface area contributed by atoms with Crippen LogP contribution in [0.5, 0.6) is 0 Å². The van der Waals surface area contributed by atoms with Crippen LogP contribution < -0.4 is 0 Å². The third kappa shape index (κ3) is 4.59. The van der Waals surface area contributed by atoms with E-state index in [2.05, 4.69) is 25.6 Å². The minimum Gasteiger partial charge on any atom is -0.461 e. The van der Waals surface area contributed by atoms with Crippen molar-refractivity contribution in [3.05, 3.63) is 71.3 Å². The van der Waals surface area contributed by atoms with Crippen LogP contribution in [0.4, 0.5) is 0 Å². The van der Waals surface area contributed by atoms with Gasteiger partial charge in [-0.15, -0.1) is 10.2 Å². The number of ether oxygens (including phenoxy) is 1. The van der Waals surface area contributed by atoms with Crippen molar-refractivity contribution in [2.24, 2.45) is 0 Å². The second-order valence-electron chi connectivity index (χ2n) is 8.23. The van der Waals surface area contributed by atoms with E-state index in [-0.39, 0.29) is 30.4 Å². The standard InChI is InChI=1S/C24H26N6O4/c1-4-34-23(32)20-21(24(2,3)33)25-19(14-31)30(20)13-15-9-11-16(12-10-15)17-7-5-6-8-18(17)22-26-28-29-27-22/h5-12,31,33H,4,13-14H2,1-3H3,(H,26,27,28,29). The molecule has 3 N–H and O–H groups in total. The summed E-state index contributed by atoms with van der Waals surface area (Å²) in [5.74, 6) is 0.174. The van der Waals surface area contributed by atoms with Crippen molar-refractivity contribution < 1.29 is 19.7 Å². The number of nitrogens with zero attached hydrogens (tertiary/aromatic N) is 5. The number of carbonyl (C=O) groups is 1. The number of rotatable bonds is 8. The number of H-pyrrole nitrogens is 1. The summed E-state index contributed by atoms with van der Waals surface area (Å²) in [7, 11) is 0. The van der Waals surface area contributed by atoms with Crippen molar-refractivity contribution >= 4 is 5.97 Å². The lowest BCUT2D eigenvalue weighted by Crippen LogP contribution is -2.23. The van der Waals surface area contributed by atoms with Gasteiger partial charge in [-0.1, -0.05) is 48.5 Å². The number of tetrazole rings is 1. The lowest BCUT2D eigenvalue weighted by atomic mass is 9.98. The molecule has 0 atom stereocenters. The van der Waals surface area contributed by atoms with Gasteiger partial charge in [-0.2, -0.15) is 5.21 Å². The molecule has 34 heavy (non-hydrogen) atoms. The largest absolute Gasteiger partial charge is 0.461 e. The first-order valence-electron chi connectivity index (χ1n) is 10.9. The molecule has 4 rings (SSSR count). The van der Waals surface area contributed by atoms with Crippen LogP contribution in [0.25, 0.3) is 22.5 Å². The molecule has 0 fully saturated rings. The lowest BCUT2D eigenvalue weighted by Gasteiger charge is -2.17. The maximum absolute atomic E-state index is 12.7. The van der Waals surface area contributed by atoms with Gasteiger partial charge < -0.3 is 19.5 Å². The van der Waals surface area contributed by atoms with Gasteiger partial charge in [0.15, 0.2) is 5.69 Å².